The number of carboxylic acids is 1. The van der Waals surface area contributed by atoms with Gasteiger partial charge >= 0.3 is 12.1 Å². The summed E-state index contributed by atoms with van der Waals surface area (Å²) in [7, 11) is 0. The molecule has 0 aromatic heterocycles. The van der Waals surface area contributed by atoms with E-state index in [0.717, 1.165) is 12.1 Å². The average molecular weight is 348 g/mol. The molecular weight excluding hydrogens is 329 g/mol. The van der Waals surface area contributed by atoms with Crippen LogP contribution >= 0.6 is 0 Å². The molecule has 0 radical (unpaired) electrons. The molecule has 1 atom stereocenters. The van der Waals surface area contributed by atoms with Crippen LogP contribution in [0.5, 0.6) is 5.75 Å². The molecule has 1 aromatic rings. The number of nitrogens with zero attached hydrogens (tertiary/aromatic N) is 1. The third-order valence-corrected chi connectivity index (χ3v) is 3.37. The van der Waals surface area contributed by atoms with E-state index in [4.69, 9.17) is 5.11 Å². The maximum absolute atomic E-state index is 12.8. The summed E-state index contributed by atoms with van der Waals surface area (Å²) in [4.78, 5) is 23.4. The monoisotopic (exact) mass is 348 g/mol. The van der Waals surface area contributed by atoms with E-state index in [1.54, 1.807) is 0 Å². The number of alkyl halides is 3. The number of amides is 1. The van der Waals surface area contributed by atoms with Crippen molar-refractivity contribution in [2.75, 3.05) is 13.1 Å². The van der Waals surface area contributed by atoms with Gasteiger partial charge in [0.1, 0.15) is 11.8 Å². The molecule has 1 amide bonds. The molecule has 0 spiro atoms. The molecule has 0 aliphatic carbocycles. The zero-order valence-corrected chi connectivity index (χ0v) is 13.2. The highest BCUT2D eigenvalue weighted by Gasteiger charge is 2.31. The number of phenols is 1. The van der Waals surface area contributed by atoms with Gasteiger partial charge in [-0.25, -0.2) is 0 Å². The molecule has 1 unspecified atom stereocenters. The second kappa shape index (κ2) is 8.00. The van der Waals surface area contributed by atoms with E-state index in [-0.39, 0.29) is 31.1 Å². The van der Waals surface area contributed by atoms with Crippen molar-refractivity contribution in [3.05, 3.63) is 29.3 Å². The number of halogens is 3. The van der Waals surface area contributed by atoms with Crippen molar-refractivity contribution in [2.24, 2.45) is 0 Å². The van der Waals surface area contributed by atoms with Gasteiger partial charge in [0.05, 0.1) is 5.56 Å². The highest BCUT2D eigenvalue weighted by molar-refractivity contribution is 5.73. The van der Waals surface area contributed by atoms with Crippen molar-refractivity contribution in [1.82, 2.24) is 10.2 Å². The first kappa shape index (κ1) is 19.8. The minimum Gasteiger partial charge on any atom is -0.508 e. The second-order valence-corrected chi connectivity index (χ2v) is 5.35. The molecular formula is C15H19F3N2O4. The Balaban J connectivity index is 2.98. The topological polar surface area (TPSA) is 89.9 Å². The van der Waals surface area contributed by atoms with Gasteiger partial charge in [-0.2, -0.15) is 13.2 Å². The molecule has 1 rings (SSSR count). The maximum Gasteiger partial charge on any atom is 0.416 e. The molecule has 0 aliphatic heterocycles. The summed E-state index contributed by atoms with van der Waals surface area (Å²) >= 11 is 0. The van der Waals surface area contributed by atoms with Gasteiger partial charge in [0, 0.05) is 26.6 Å². The summed E-state index contributed by atoms with van der Waals surface area (Å²) in [6, 6.07) is 1.64. The molecule has 3 N–H and O–H groups in total. The summed E-state index contributed by atoms with van der Waals surface area (Å²) in [5.74, 6) is -1.99. The number of aromatic hydroxyl groups is 1. The van der Waals surface area contributed by atoms with E-state index in [1.165, 1.54) is 18.7 Å². The van der Waals surface area contributed by atoms with Gasteiger partial charge < -0.3 is 15.5 Å². The lowest BCUT2D eigenvalue weighted by molar-refractivity contribution is -0.143. The Labute approximate surface area is 136 Å². The van der Waals surface area contributed by atoms with E-state index in [1.807, 2.05) is 0 Å². The SMILES string of the molecule is CC(=O)NCCN(Cc1cc(O)cc(C(F)(F)F)c1)C(C)C(=O)O. The Bertz CT molecular complexity index is 605. The quantitative estimate of drug-likeness (QED) is 0.699. The summed E-state index contributed by atoms with van der Waals surface area (Å²) in [5.41, 5.74) is -0.888. The fourth-order valence-electron chi connectivity index (χ4n) is 2.10. The molecule has 6 nitrogen and oxygen atoms in total. The predicted molar refractivity (Wildman–Crippen MR) is 79.3 cm³/mol. The minimum atomic E-state index is -4.62. The van der Waals surface area contributed by atoms with Crippen LogP contribution in [0.25, 0.3) is 0 Å². The second-order valence-electron chi connectivity index (χ2n) is 5.35. The molecule has 1 aromatic carbocycles. The van der Waals surface area contributed by atoms with Gasteiger partial charge in [0.15, 0.2) is 0 Å². The van der Waals surface area contributed by atoms with Crippen molar-refractivity contribution in [1.29, 1.82) is 0 Å². The standard InChI is InChI=1S/C15H19F3N2O4/c1-9(14(23)24)20(4-3-19-10(2)21)8-11-5-12(15(16,17)18)7-13(22)6-11/h5-7,9,22H,3-4,8H2,1-2H3,(H,19,21)(H,23,24). The number of carbonyl (C=O) groups is 2. The Kier molecular flexibility index (Phi) is 6.59. The molecule has 24 heavy (non-hydrogen) atoms. The Morgan fingerprint density at radius 2 is 1.92 bits per heavy atom. The van der Waals surface area contributed by atoms with Gasteiger partial charge in [0.2, 0.25) is 5.91 Å². The fourth-order valence-corrected chi connectivity index (χ4v) is 2.10. The summed E-state index contributed by atoms with van der Waals surface area (Å²) < 4.78 is 38.4. The van der Waals surface area contributed by atoms with Crippen molar-refractivity contribution in [3.8, 4) is 5.75 Å². The number of aliphatic carboxylic acids is 1. The molecule has 0 heterocycles. The molecule has 0 saturated carbocycles. The van der Waals surface area contributed by atoms with Crippen molar-refractivity contribution >= 4 is 11.9 Å². The average Bonchev–Trinajstić information content (AvgIpc) is 2.43. The Morgan fingerprint density at radius 3 is 2.42 bits per heavy atom. The maximum atomic E-state index is 12.8. The van der Waals surface area contributed by atoms with E-state index in [0.29, 0.717) is 6.07 Å². The van der Waals surface area contributed by atoms with Crippen molar-refractivity contribution < 1.29 is 33.0 Å². The van der Waals surface area contributed by atoms with Crippen LogP contribution in [-0.4, -0.2) is 46.1 Å². The van der Waals surface area contributed by atoms with E-state index in [2.05, 4.69) is 5.32 Å². The van der Waals surface area contributed by atoms with Crippen LogP contribution in [0, 0.1) is 0 Å². The summed E-state index contributed by atoms with van der Waals surface area (Å²) in [6.45, 7) is 2.85. The fraction of sp³-hybridized carbons (Fsp3) is 0.467. The lowest BCUT2D eigenvalue weighted by Gasteiger charge is -2.26. The van der Waals surface area contributed by atoms with Crippen LogP contribution in [0.2, 0.25) is 0 Å². The number of carboxylic acid groups (broad SMARTS) is 1. The number of hydrogen-bond acceptors (Lipinski definition) is 4. The zero-order valence-electron chi connectivity index (χ0n) is 13.2. The zero-order chi connectivity index (χ0) is 18.5. The largest absolute Gasteiger partial charge is 0.508 e. The minimum absolute atomic E-state index is 0.121. The van der Waals surface area contributed by atoms with Gasteiger partial charge in [-0.3, -0.25) is 14.5 Å². The molecule has 0 fully saturated rings. The lowest BCUT2D eigenvalue weighted by atomic mass is 10.1. The first-order valence-electron chi connectivity index (χ1n) is 7.12. The molecule has 134 valence electrons. The molecule has 0 aliphatic rings. The van der Waals surface area contributed by atoms with E-state index < -0.39 is 29.5 Å². The van der Waals surface area contributed by atoms with Crippen LogP contribution in [0.15, 0.2) is 18.2 Å². The van der Waals surface area contributed by atoms with Crippen molar-refractivity contribution in [2.45, 2.75) is 32.6 Å². The van der Waals surface area contributed by atoms with Crippen LogP contribution in [0.3, 0.4) is 0 Å². The molecule has 0 saturated heterocycles. The lowest BCUT2D eigenvalue weighted by Crippen LogP contribution is -2.42. The van der Waals surface area contributed by atoms with E-state index in [9.17, 15) is 27.9 Å². The Morgan fingerprint density at radius 1 is 1.29 bits per heavy atom. The highest BCUT2D eigenvalue weighted by atomic mass is 19.4. The highest BCUT2D eigenvalue weighted by Crippen LogP contribution is 2.32. The third kappa shape index (κ3) is 6.07. The number of nitrogens with one attached hydrogen (secondary N) is 1. The number of rotatable bonds is 7. The molecule has 0 bridgehead atoms. The number of hydrogen-bond donors (Lipinski definition) is 3. The van der Waals surface area contributed by atoms with Crippen LogP contribution < -0.4 is 5.32 Å². The van der Waals surface area contributed by atoms with Gasteiger partial charge in [0.25, 0.3) is 0 Å². The number of carbonyl (C=O) groups excluding carboxylic acids is 1. The predicted octanol–water partition coefficient (Wildman–Crippen LogP) is 1.82. The van der Waals surface area contributed by atoms with E-state index >= 15 is 0 Å². The van der Waals surface area contributed by atoms with Crippen LogP contribution in [-0.2, 0) is 22.3 Å². The Hall–Kier alpha value is -2.29. The molecule has 9 heteroatoms. The van der Waals surface area contributed by atoms with Crippen molar-refractivity contribution in [3.63, 3.8) is 0 Å². The summed E-state index contributed by atoms with van der Waals surface area (Å²) in [6.07, 6.45) is -4.62. The number of benzene rings is 1. The first-order valence-corrected chi connectivity index (χ1v) is 7.12. The third-order valence-electron chi connectivity index (χ3n) is 3.37. The van der Waals surface area contributed by atoms with Crippen LogP contribution in [0.4, 0.5) is 13.2 Å². The van der Waals surface area contributed by atoms with Crippen LogP contribution in [0.1, 0.15) is 25.0 Å². The number of phenolic OH excluding ortho intramolecular Hbond substituents is 1. The summed E-state index contributed by atoms with van der Waals surface area (Å²) in [5, 5.41) is 21.1. The van der Waals surface area contributed by atoms with Gasteiger partial charge in [-0.05, 0) is 30.7 Å². The normalized spacial score (nSPS) is 12.9. The van der Waals surface area contributed by atoms with Gasteiger partial charge in [-0.15, -0.1) is 0 Å². The smallest absolute Gasteiger partial charge is 0.416 e. The first-order chi connectivity index (χ1) is 11.0. The van der Waals surface area contributed by atoms with Gasteiger partial charge in [-0.1, -0.05) is 0 Å².